The Labute approximate surface area is 176 Å². The van der Waals surface area contributed by atoms with Crippen LogP contribution in [-0.4, -0.2) is 63.3 Å². The van der Waals surface area contributed by atoms with E-state index in [1.54, 1.807) is 31.3 Å². The molecule has 1 saturated heterocycles. The number of carbonyl (C=O) groups excluding carboxylic acids is 2. The molecule has 0 aromatic heterocycles. The molecule has 1 N–H and O–H groups in total. The third-order valence-corrected chi connectivity index (χ3v) is 6.79. The highest BCUT2D eigenvalue weighted by Crippen LogP contribution is 2.30. The maximum atomic E-state index is 13.0. The first kappa shape index (κ1) is 21.9. The number of hydrogen-bond acceptors (Lipinski definition) is 5. The van der Waals surface area contributed by atoms with Crippen LogP contribution in [0.4, 0.5) is 5.69 Å². The molecule has 0 bridgehead atoms. The first-order chi connectivity index (χ1) is 14.2. The van der Waals surface area contributed by atoms with Crippen LogP contribution in [0.5, 0.6) is 0 Å². The zero-order valence-corrected chi connectivity index (χ0v) is 17.9. The molecule has 1 aliphatic heterocycles. The summed E-state index contributed by atoms with van der Waals surface area (Å²) < 4.78 is 31.0. The van der Waals surface area contributed by atoms with Crippen LogP contribution < -0.4 is 5.32 Å². The van der Waals surface area contributed by atoms with Crippen molar-refractivity contribution in [2.45, 2.75) is 17.9 Å². The van der Waals surface area contributed by atoms with Crippen molar-refractivity contribution in [2.24, 2.45) is 0 Å². The number of carbonyl (C=O) groups is 2. The normalized spacial score (nSPS) is 19.7. The maximum absolute atomic E-state index is 13.0. The molecule has 30 heavy (non-hydrogen) atoms. The predicted molar refractivity (Wildman–Crippen MR) is 113 cm³/mol. The smallest absolute Gasteiger partial charge is 0.256 e. The fourth-order valence-electron chi connectivity index (χ4n) is 3.27. The van der Waals surface area contributed by atoms with Crippen molar-refractivity contribution in [1.82, 2.24) is 9.21 Å². The molecular weight excluding hydrogens is 406 g/mol. The monoisotopic (exact) mass is 431 g/mol. The molecule has 0 unspecified atom stereocenters. The predicted octanol–water partition coefficient (Wildman–Crippen LogP) is 1.61. The summed E-state index contributed by atoms with van der Waals surface area (Å²) in [6, 6.07) is 15.3. The molecule has 0 radical (unpaired) electrons. The molecule has 9 heteroatoms. The SMILES string of the molecule is CN1C(=O)CO[C@@H](C(=O)Nc2cccc(CS(=O)(=O)N(C)C)c2)[C@@H]1c1ccccc1. The minimum absolute atomic E-state index is 0.173. The van der Waals surface area contributed by atoms with Crippen molar-refractivity contribution >= 4 is 27.5 Å². The van der Waals surface area contributed by atoms with Crippen molar-refractivity contribution in [1.29, 1.82) is 0 Å². The summed E-state index contributed by atoms with van der Waals surface area (Å²) >= 11 is 0. The minimum Gasteiger partial charge on any atom is -0.356 e. The van der Waals surface area contributed by atoms with Gasteiger partial charge in [0.05, 0.1) is 11.8 Å². The van der Waals surface area contributed by atoms with Gasteiger partial charge in [0.1, 0.15) is 6.61 Å². The lowest BCUT2D eigenvalue weighted by Gasteiger charge is -2.38. The number of rotatable bonds is 6. The van der Waals surface area contributed by atoms with Crippen molar-refractivity contribution in [3.05, 3.63) is 65.7 Å². The van der Waals surface area contributed by atoms with E-state index in [9.17, 15) is 18.0 Å². The second kappa shape index (κ2) is 8.95. The quantitative estimate of drug-likeness (QED) is 0.750. The van der Waals surface area contributed by atoms with E-state index >= 15 is 0 Å². The number of morpholine rings is 1. The first-order valence-corrected chi connectivity index (χ1v) is 11.0. The number of nitrogens with zero attached hydrogens (tertiary/aromatic N) is 2. The van der Waals surface area contributed by atoms with Gasteiger partial charge in [-0.05, 0) is 23.3 Å². The Kier molecular flexibility index (Phi) is 6.55. The van der Waals surface area contributed by atoms with E-state index in [-0.39, 0.29) is 18.3 Å². The number of anilines is 1. The molecule has 160 valence electrons. The second-order valence-corrected chi connectivity index (χ2v) is 9.50. The van der Waals surface area contributed by atoms with E-state index in [0.717, 1.165) is 9.87 Å². The standard InChI is InChI=1S/C21H25N3O5S/c1-23(2)30(27,28)14-15-8-7-11-17(12-15)22-21(26)20-19(16-9-5-4-6-10-16)24(3)18(25)13-29-20/h4-12,19-20H,13-14H2,1-3H3,(H,22,26)/t19-,20+/m0/s1. The Hall–Kier alpha value is -2.75. The highest BCUT2D eigenvalue weighted by atomic mass is 32.2. The Morgan fingerprint density at radius 1 is 1.17 bits per heavy atom. The molecule has 0 aliphatic carbocycles. The molecule has 2 aromatic carbocycles. The van der Waals surface area contributed by atoms with Crippen LogP contribution in [0, 0.1) is 0 Å². The van der Waals surface area contributed by atoms with Gasteiger partial charge in [-0.3, -0.25) is 9.59 Å². The molecule has 2 aromatic rings. The van der Waals surface area contributed by atoms with Crippen molar-refractivity contribution in [2.75, 3.05) is 33.1 Å². The molecule has 0 spiro atoms. The van der Waals surface area contributed by atoms with Gasteiger partial charge in [0.25, 0.3) is 5.91 Å². The van der Waals surface area contributed by atoms with Gasteiger partial charge in [0, 0.05) is 26.8 Å². The number of likely N-dealkylation sites (N-methyl/N-ethyl adjacent to an activating group) is 1. The average Bonchev–Trinajstić information content (AvgIpc) is 2.70. The number of ether oxygens (including phenoxy) is 1. The lowest BCUT2D eigenvalue weighted by molar-refractivity contribution is -0.160. The van der Waals surface area contributed by atoms with Gasteiger partial charge >= 0.3 is 0 Å². The lowest BCUT2D eigenvalue weighted by Crippen LogP contribution is -2.51. The van der Waals surface area contributed by atoms with E-state index < -0.39 is 28.1 Å². The van der Waals surface area contributed by atoms with E-state index in [1.807, 2.05) is 30.3 Å². The van der Waals surface area contributed by atoms with Gasteiger partial charge in [-0.15, -0.1) is 0 Å². The summed E-state index contributed by atoms with van der Waals surface area (Å²) in [7, 11) is 1.18. The topological polar surface area (TPSA) is 96.0 Å². The van der Waals surface area contributed by atoms with Crippen LogP contribution in [0.2, 0.25) is 0 Å². The van der Waals surface area contributed by atoms with E-state index in [1.165, 1.54) is 19.0 Å². The molecular formula is C21H25N3O5S. The Morgan fingerprint density at radius 3 is 2.53 bits per heavy atom. The largest absolute Gasteiger partial charge is 0.356 e. The number of amides is 2. The van der Waals surface area contributed by atoms with E-state index in [4.69, 9.17) is 4.74 Å². The highest BCUT2D eigenvalue weighted by Gasteiger charge is 2.40. The molecule has 8 nitrogen and oxygen atoms in total. The molecule has 1 heterocycles. The van der Waals surface area contributed by atoms with Gasteiger partial charge < -0.3 is 15.0 Å². The van der Waals surface area contributed by atoms with Crippen LogP contribution in [0.3, 0.4) is 0 Å². The first-order valence-electron chi connectivity index (χ1n) is 9.41. The van der Waals surface area contributed by atoms with Gasteiger partial charge in [-0.25, -0.2) is 12.7 Å². The van der Waals surface area contributed by atoms with E-state index in [0.29, 0.717) is 11.3 Å². The summed E-state index contributed by atoms with van der Waals surface area (Å²) in [5, 5.41) is 2.79. The van der Waals surface area contributed by atoms with Crippen LogP contribution in [-0.2, 0) is 30.1 Å². The third-order valence-electron chi connectivity index (χ3n) is 4.98. The van der Waals surface area contributed by atoms with Crippen molar-refractivity contribution < 1.29 is 22.7 Å². The highest BCUT2D eigenvalue weighted by molar-refractivity contribution is 7.88. The third kappa shape index (κ3) is 4.86. The molecule has 0 saturated carbocycles. The fourth-order valence-corrected chi connectivity index (χ4v) is 4.13. The van der Waals surface area contributed by atoms with Crippen LogP contribution >= 0.6 is 0 Å². The van der Waals surface area contributed by atoms with Gasteiger partial charge in [-0.2, -0.15) is 0 Å². The maximum Gasteiger partial charge on any atom is 0.256 e. The molecule has 1 aliphatic rings. The molecule has 1 fully saturated rings. The van der Waals surface area contributed by atoms with Gasteiger partial charge in [0.2, 0.25) is 15.9 Å². The Bertz CT molecular complexity index is 1020. The minimum atomic E-state index is -3.42. The summed E-state index contributed by atoms with van der Waals surface area (Å²) in [5.74, 6) is -0.785. The van der Waals surface area contributed by atoms with Crippen molar-refractivity contribution in [3.8, 4) is 0 Å². The summed E-state index contributed by atoms with van der Waals surface area (Å²) in [5.41, 5.74) is 1.80. The fraction of sp³-hybridized carbons (Fsp3) is 0.333. The number of nitrogens with one attached hydrogen (secondary N) is 1. The molecule has 3 rings (SSSR count). The Morgan fingerprint density at radius 2 is 1.87 bits per heavy atom. The number of sulfonamides is 1. The van der Waals surface area contributed by atoms with E-state index in [2.05, 4.69) is 5.32 Å². The number of hydrogen-bond donors (Lipinski definition) is 1. The summed E-state index contributed by atoms with van der Waals surface area (Å²) in [4.78, 5) is 26.7. The Balaban J connectivity index is 1.81. The number of benzene rings is 2. The lowest BCUT2D eigenvalue weighted by atomic mass is 9.97. The average molecular weight is 432 g/mol. The zero-order chi connectivity index (χ0) is 21.9. The van der Waals surface area contributed by atoms with Gasteiger partial charge in [-0.1, -0.05) is 42.5 Å². The molecule has 2 amide bonds. The summed E-state index contributed by atoms with van der Waals surface area (Å²) in [6.07, 6.45) is -0.899. The van der Waals surface area contributed by atoms with Crippen LogP contribution in [0.25, 0.3) is 0 Å². The summed E-state index contributed by atoms with van der Waals surface area (Å²) in [6.45, 7) is -0.182. The zero-order valence-electron chi connectivity index (χ0n) is 17.1. The molecule has 2 atom stereocenters. The second-order valence-electron chi connectivity index (χ2n) is 7.32. The van der Waals surface area contributed by atoms with Crippen LogP contribution in [0.1, 0.15) is 17.2 Å². The van der Waals surface area contributed by atoms with Gasteiger partial charge in [0.15, 0.2) is 6.10 Å². The van der Waals surface area contributed by atoms with Crippen LogP contribution in [0.15, 0.2) is 54.6 Å². The van der Waals surface area contributed by atoms with Crippen molar-refractivity contribution in [3.63, 3.8) is 0 Å².